The lowest BCUT2D eigenvalue weighted by molar-refractivity contribution is -0.123. The molecule has 0 aromatic heterocycles. The molecule has 0 rings (SSSR count). The number of rotatable bonds is 4. The van der Waals surface area contributed by atoms with Crippen molar-refractivity contribution in [3.63, 3.8) is 0 Å². The van der Waals surface area contributed by atoms with Gasteiger partial charge in [0.15, 0.2) is 0 Å². The summed E-state index contributed by atoms with van der Waals surface area (Å²) < 4.78 is 0. The summed E-state index contributed by atoms with van der Waals surface area (Å²) in [5.74, 6) is 0.0296. The van der Waals surface area contributed by atoms with Crippen LogP contribution in [0.5, 0.6) is 0 Å². The molecule has 3 heteroatoms. The fraction of sp³-hybridized carbons (Fsp3) is 0.625. The molecule has 0 atom stereocenters. The largest absolute Gasteiger partial charge is 0.345 e. The van der Waals surface area contributed by atoms with Gasteiger partial charge in [0.25, 0.3) is 0 Å². The van der Waals surface area contributed by atoms with Crippen molar-refractivity contribution in [2.24, 2.45) is 5.73 Å². The smallest absolute Gasteiger partial charge is 0.245 e. The zero-order valence-corrected chi connectivity index (χ0v) is 7.21. The van der Waals surface area contributed by atoms with Crippen LogP contribution in [0.4, 0.5) is 0 Å². The highest BCUT2D eigenvalue weighted by Crippen LogP contribution is 1.89. The van der Waals surface area contributed by atoms with Crippen LogP contribution < -0.4 is 5.73 Å². The van der Waals surface area contributed by atoms with E-state index in [1.54, 1.807) is 25.1 Å². The maximum absolute atomic E-state index is 10.9. The number of nitrogens with zero attached hydrogens (tertiary/aromatic N) is 1. The van der Waals surface area contributed by atoms with E-state index in [4.69, 9.17) is 5.73 Å². The first-order chi connectivity index (χ1) is 5.18. The van der Waals surface area contributed by atoms with E-state index in [0.29, 0.717) is 6.54 Å². The van der Waals surface area contributed by atoms with E-state index in [2.05, 4.69) is 0 Å². The Bertz CT molecular complexity index is 141. The number of hydrogen-bond acceptors (Lipinski definition) is 2. The van der Waals surface area contributed by atoms with Gasteiger partial charge in [-0.2, -0.15) is 0 Å². The Kier molecular flexibility index (Phi) is 5.47. The molecule has 0 aliphatic rings. The standard InChI is InChI=1S/C8H16N2O/c1-10(2)8(11)6-4-3-5-7-9/h4,6H,3,5,7,9H2,1-2H3. The van der Waals surface area contributed by atoms with E-state index in [0.717, 1.165) is 12.8 Å². The second-order valence-corrected chi connectivity index (χ2v) is 2.57. The van der Waals surface area contributed by atoms with Gasteiger partial charge in [-0.25, -0.2) is 0 Å². The Morgan fingerprint density at radius 2 is 2.18 bits per heavy atom. The van der Waals surface area contributed by atoms with Crippen LogP contribution in [0.3, 0.4) is 0 Å². The Balaban J connectivity index is 3.49. The van der Waals surface area contributed by atoms with Crippen LogP contribution in [0, 0.1) is 0 Å². The van der Waals surface area contributed by atoms with E-state index in [9.17, 15) is 4.79 Å². The molecule has 0 aromatic rings. The van der Waals surface area contributed by atoms with Crippen LogP contribution in [-0.2, 0) is 4.79 Å². The molecule has 0 aromatic carbocycles. The molecule has 0 bridgehead atoms. The minimum absolute atomic E-state index is 0.0296. The number of hydrogen-bond donors (Lipinski definition) is 1. The Morgan fingerprint density at radius 1 is 1.55 bits per heavy atom. The SMILES string of the molecule is CN(C)C(=O)C=CCCCN. The molecule has 0 radical (unpaired) electrons. The number of amides is 1. The van der Waals surface area contributed by atoms with Gasteiger partial charge < -0.3 is 10.6 Å². The van der Waals surface area contributed by atoms with Gasteiger partial charge >= 0.3 is 0 Å². The average Bonchev–Trinajstić information content (AvgIpc) is 1.97. The van der Waals surface area contributed by atoms with E-state index in [-0.39, 0.29) is 5.91 Å². The third-order valence-electron chi connectivity index (χ3n) is 1.28. The van der Waals surface area contributed by atoms with Crippen molar-refractivity contribution in [2.75, 3.05) is 20.6 Å². The lowest BCUT2D eigenvalue weighted by atomic mass is 10.3. The first-order valence-corrected chi connectivity index (χ1v) is 3.76. The zero-order chi connectivity index (χ0) is 8.69. The fourth-order valence-electron chi connectivity index (χ4n) is 0.569. The van der Waals surface area contributed by atoms with Crippen molar-refractivity contribution in [3.8, 4) is 0 Å². The molecule has 1 amide bonds. The molecule has 0 saturated carbocycles. The highest BCUT2D eigenvalue weighted by molar-refractivity contribution is 5.86. The van der Waals surface area contributed by atoms with E-state index in [1.807, 2.05) is 6.08 Å². The van der Waals surface area contributed by atoms with Crippen molar-refractivity contribution >= 4 is 5.91 Å². The second kappa shape index (κ2) is 5.92. The first kappa shape index (κ1) is 10.2. The summed E-state index contributed by atoms with van der Waals surface area (Å²) in [6.07, 6.45) is 5.26. The molecule has 0 saturated heterocycles. The summed E-state index contributed by atoms with van der Waals surface area (Å²) in [4.78, 5) is 12.5. The van der Waals surface area contributed by atoms with E-state index >= 15 is 0 Å². The van der Waals surface area contributed by atoms with Gasteiger partial charge in [-0.15, -0.1) is 0 Å². The number of unbranched alkanes of at least 4 members (excludes halogenated alkanes) is 1. The van der Waals surface area contributed by atoms with Gasteiger partial charge in [0.1, 0.15) is 0 Å². The second-order valence-electron chi connectivity index (χ2n) is 2.57. The molecule has 64 valence electrons. The lowest BCUT2D eigenvalue weighted by Gasteiger charge is -2.04. The first-order valence-electron chi connectivity index (χ1n) is 3.76. The molecule has 0 unspecified atom stereocenters. The molecule has 0 fully saturated rings. The van der Waals surface area contributed by atoms with Crippen molar-refractivity contribution in [2.45, 2.75) is 12.8 Å². The molecular formula is C8H16N2O. The molecule has 0 heterocycles. The highest BCUT2D eigenvalue weighted by Gasteiger charge is 1.94. The maximum atomic E-state index is 10.9. The molecule has 11 heavy (non-hydrogen) atoms. The zero-order valence-electron chi connectivity index (χ0n) is 7.21. The van der Waals surface area contributed by atoms with Crippen LogP contribution in [0.1, 0.15) is 12.8 Å². The topological polar surface area (TPSA) is 46.3 Å². The van der Waals surface area contributed by atoms with Crippen LogP contribution in [0.25, 0.3) is 0 Å². The fourth-order valence-corrected chi connectivity index (χ4v) is 0.569. The Morgan fingerprint density at radius 3 is 2.64 bits per heavy atom. The third kappa shape index (κ3) is 5.61. The molecule has 0 aliphatic carbocycles. The molecule has 0 spiro atoms. The van der Waals surface area contributed by atoms with Crippen molar-refractivity contribution < 1.29 is 4.79 Å². The number of nitrogens with two attached hydrogens (primary N) is 1. The number of carbonyl (C=O) groups is 1. The summed E-state index contributed by atoms with van der Waals surface area (Å²) in [7, 11) is 3.46. The van der Waals surface area contributed by atoms with Crippen LogP contribution >= 0.6 is 0 Å². The highest BCUT2D eigenvalue weighted by atomic mass is 16.2. The lowest BCUT2D eigenvalue weighted by Crippen LogP contribution is -2.18. The predicted molar refractivity (Wildman–Crippen MR) is 46.1 cm³/mol. The third-order valence-corrected chi connectivity index (χ3v) is 1.28. The van der Waals surface area contributed by atoms with Crippen molar-refractivity contribution in [1.82, 2.24) is 4.90 Å². The van der Waals surface area contributed by atoms with Gasteiger partial charge in [0.05, 0.1) is 0 Å². The molecular weight excluding hydrogens is 140 g/mol. The summed E-state index contributed by atoms with van der Waals surface area (Å²) in [5, 5.41) is 0. The summed E-state index contributed by atoms with van der Waals surface area (Å²) in [5.41, 5.74) is 5.28. The van der Waals surface area contributed by atoms with Crippen LogP contribution in [-0.4, -0.2) is 31.4 Å². The van der Waals surface area contributed by atoms with Gasteiger partial charge in [0, 0.05) is 14.1 Å². The van der Waals surface area contributed by atoms with Crippen molar-refractivity contribution in [1.29, 1.82) is 0 Å². The molecule has 2 N–H and O–H groups in total. The number of allylic oxidation sites excluding steroid dienone is 1. The molecule has 0 aliphatic heterocycles. The maximum Gasteiger partial charge on any atom is 0.245 e. The summed E-state index contributed by atoms with van der Waals surface area (Å²) in [6.45, 7) is 0.681. The molecule has 3 nitrogen and oxygen atoms in total. The van der Waals surface area contributed by atoms with E-state index < -0.39 is 0 Å². The minimum Gasteiger partial charge on any atom is -0.345 e. The van der Waals surface area contributed by atoms with Gasteiger partial charge in [-0.05, 0) is 25.5 Å². The van der Waals surface area contributed by atoms with Crippen LogP contribution in [0.2, 0.25) is 0 Å². The van der Waals surface area contributed by atoms with Gasteiger partial charge in [0.2, 0.25) is 5.91 Å². The van der Waals surface area contributed by atoms with Gasteiger partial charge in [-0.1, -0.05) is 6.08 Å². The summed E-state index contributed by atoms with van der Waals surface area (Å²) >= 11 is 0. The number of likely N-dealkylation sites (N-methyl/N-ethyl adjacent to an activating group) is 1. The average molecular weight is 156 g/mol. The predicted octanol–water partition coefficient (Wildman–Crippen LogP) is 0.370. The van der Waals surface area contributed by atoms with Gasteiger partial charge in [-0.3, -0.25) is 4.79 Å². The monoisotopic (exact) mass is 156 g/mol. The number of carbonyl (C=O) groups excluding carboxylic acids is 1. The van der Waals surface area contributed by atoms with Crippen LogP contribution in [0.15, 0.2) is 12.2 Å². The normalized spacial score (nSPS) is 10.5. The Hall–Kier alpha value is -0.830. The quantitative estimate of drug-likeness (QED) is 0.472. The minimum atomic E-state index is 0.0296. The Labute approximate surface area is 67.9 Å². The van der Waals surface area contributed by atoms with E-state index in [1.165, 1.54) is 0 Å². The summed E-state index contributed by atoms with van der Waals surface area (Å²) in [6, 6.07) is 0. The van der Waals surface area contributed by atoms with Crippen molar-refractivity contribution in [3.05, 3.63) is 12.2 Å².